The van der Waals surface area contributed by atoms with Crippen molar-refractivity contribution in [1.29, 1.82) is 0 Å². The summed E-state index contributed by atoms with van der Waals surface area (Å²) in [5.74, 6) is -3.88. The van der Waals surface area contributed by atoms with Crippen molar-refractivity contribution in [2.45, 2.75) is 17.9 Å². The molecule has 0 spiro atoms. The van der Waals surface area contributed by atoms with Gasteiger partial charge < -0.3 is 10.1 Å². The number of aromatic nitrogens is 3. The van der Waals surface area contributed by atoms with Crippen LogP contribution in [0.25, 0.3) is 22.3 Å². The molecule has 0 aliphatic carbocycles. The first-order chi connectivity index (χ1) is 16.0. The van der Waals surface area contributed by atoms with Crippen molar-refractivity contribution < 1.29 is 18.3 Å². The average Bonchev–Trinajstić information content (AvgIpc) is 2.85. The molecule has 2 aromatic carbocycles. The Kier molecular flexibility index (Phi) is 5.30. The van der Waals surface area contributed by atoms with E-state index in [-0.39, 0.29) is 24.5 Å². The van der Waals surface area contributed by atoms with Crippen molar-refractivity contribution in [3.8, 4) is 17.3 Å². The molecule has 33 heavy (non-hydrogen) atoms. The zero-order valence-corrected chi connectivity index (χ0v) is 17.5. The Hall–Kier alpha value is -3.78. The van der Waals surface area contributed by atoms with E-state index in [0.29, 0.717) is 16.9 Å². The third kappa shape index (κ3) is 3.82. The summed E-state index contributed by atoms with van der Waals surface area (Å²) in [6.45, 7) is -0.270. The summed E-state index contributed by atoms with van der Waals surface area (Å²) >= 11 is 0. The lowest BCUT2D eigenvalue weighted by Crippen LogP contribution is -2.67. The minimum absolute atomic E-state index is 0.0343. The predicted molar refractivity (Wildman–Crippen MR) is 119 cm³/mol. The van der Waals surface area contributed by atoms with E-state index in [9.17, 15) is 4.79 Å². The van der Waals surface area contributed by atoms with E-state index >= 15 is 8.78 Å². The minimum Gasteiger partial charge on any atom is -0.455 e. The van der Waals surface area contributed by atoms with Crippen molar-refractivity contribution in [2.24, 2.45) is 0 Å². The molecule has 0 unspecified atom stereocenters. The molecule has 3 heterocycles. The molecule has 166 valence electrons. The molecular formula is C25H20F2N4O2. The fourth-order valence-electron chi connectivity index (χ4n) is 4.01. The van der Waals surface area contributed by atoms with Gasteiger partial charge in [0.25, 0.3) is 5.92 Å². The molecule has 0 amide bonds. The highest BCUT2D eigenvalue weighted by molar-refractivity contribution is 6.04. The number of hydrogen-bond acceptors (Lipinski definition) is 6. The number of nitrogens with one attached hydrogen (secondary N) is 1. The van der Waals surface area contributed by atoms with E-state index in [0.717, 1.165) is 5.39 Å². The second kappa shape index (κ2) is 8.29. The highest BCUT2D eigenvalue weighted by Gasteiger charge is 2.62. The van der Waals surface area contributed by atoms with Gasteiger partial charge in [0.15, 0.2) is 5.82 Å². The normalized spacial score (nSPS) is 19.8. The molecule has 6 nitrogen and oxygen atoms in total. The lowest BCUT2D eigenvalue weighted by atomic mass is 9.82. The van der Waals surface area contributed by atoms with Crippen LogP contribution in [0.1, 0.15) is 16.8 Å². The number of nitrogens with zero attached hydrogens (tertiary/aromatic N) is 3. The van der Waals surface area contributed by atoms with Crippen LogP contribution < -0.4 is 10.1 Å². The van der Waals surface area contributed by atoms with Crippen molar-refractivity contribution in [1.82, 2.24) is 20.3 Å². The molecule has 5 rings (SSSR count). The molecular weight excluding hydrogens is 426 g/mol. The van der Waals surface area contributed by atoms with Crippen LogP contribution in [-0.2, 0) is 0 Å². The first kappa shape index (κ1) is 21.1. The number of carbonyl (C=O) groups excluding carboxylic acids is 1. The number of para-hydroxylation sites is 1. The average molecular weight is 446 g/mol. The summed E-state index contributed by atoms with van der Waals surface area (Å²) in [7, 11) is 0. The van der Waals surface area contributed by atoms with Crippen molar-refractivity contribution >= 4 is 16.7 Å². The molecule has 8 heteroatoms. The van der Waals surface area contributed by atoms with E-state index in [2.05, 4.69) is 20.3 Å². The smallest absolute Gasteiger partial charge is 0.296 e. The number of pyridine rings is 1. The number of ketones is 1. The van der Waals surface area contributed by atoms with Crippen LogP contribution >= 0.6 is 0 Å². The fourth-order valence-corrected chi connectivity index (χ4v) is 4.01. The second-order valence-electron chi connectivity index (χ2n) is 7.88. The number of benzene rings is 2. The lowest BCUT2D eigenvalue weighted by molar-refractivity contribution is -0.155. The third-order valence-electron chi connectivity index (χ3n) is 5.75. The fraction of sp³-hybridized carbons (Fsp3) is 0.200. The SMILES string of the molecule is O=C(c1cccc(-c2ncccn2)c1)[C@@]1(Oc2ccc3ccccc3n2)CNCCC1(F)F. The zero-order chi connectivity index (χ0) is 22.9. The van der Waals surface area contributed by atoms with Crippen LogP contribution in [0.2, 0.25) is 0 Å². The van der Waals surface area contributed by atoms with Crippen molar-refractivity contribution in [3.05, 3.63) is 84.7 Å². The summed E-state index contributed by atoms with van der Waals surface area (Å²) in [6.07, 6.45) is 2.62. The number of rotatable bonds is 5. The monoisotopic (exact) mass is 446 g/mol. The lowest BCUT2D eigenvalue weighted by Gasteiger charge is -2.42. The van der Waals surface area contributed by atoms with Gasteiger partial charge in [0, 0.05) is 54.5 Å². The Morgan fingerprint density at radius 3 is 2.61 bits per heavy atom. The van der Waals surface area contributed by atoms with Gasteiger partial charge in [0.2, 0.25) is 17.3 Å². The Morgan fingerprint density at radius 1 is 0.970 bits per heavy atom. The highest BCUT2D eigenvalue weighted by Crippen LogP contribution is 2.40. The largest absolute Gasteiger partial charge is 0.455 e. The molecule has 1 aliphatic rings. The van der Waals surface area contributed by atoms with E-state index in [4.69, 9.17) is 4.74 Å². The van der Waals surface area contributed by atoms with E-state index in [1.165, 1.54) is 18.2 Å². The Morgan fingerprint density at radius 2 is 1.79 bits per heavy atom. The van der Waals surface area contributed by atoms with Crippen LogP contribution in [0, 0.1) is 0 Å². The van der Waals surface area contributed by atoms with Gasteiger partial charge in [0.05, 0.1) is 5.52 Å². The van der Waals surface area contributed by atoms with Gasteiger partial charge in [-0.15, -0.1) is 0 Å². The molecule has 2 aromatic heterocycles. The van der Waals surface area contributed by atoms with Crippen molar-refractivity contribution in [2.75, 3.05) is 13.1 Å². The molecule has 0 saturated carbocycles. The molecule has 1 aliphatic heterocycles. The number of hydrogen-bond donors (Lipinski definition) is 1. The molecule has 1 atom stereocenters. The van der Waals surface area contributed by atoms with Crippen LogP contribution in [0.5, 0.6) is 5.88 Å². The first-order valence-electron chi connectivity index (χ1n) is 10.5. The molecule has 0 bridgehead atoms. The maximum atomic E-state index is 15.4. The van der Waals surface area contributed by atoms with Gasteiger partial charge in [-0.3, -0.25) is 4.79 Å². The van der Waals surface area contributed by atoms with Gasteiger partial charge in [0.1, 0.15) is 0 Å². The van der Waals surface area contributed by atoms with Gasteiger partial charge in [-0.05, 0) is 24.3 Å². The number of fused-ring (bicyclic) bond motifs is 1. The number of Topliss-reactive ketones (excluding diaryl/α,β-unsaturated/α-hetero) is 1. The Labute approximate surface area is 188 Å². The molecule has 1 fully saturated rings. The summed E-state index contributed by atoms with van der Waals surface area (Å²) in [4.78, 5) is 26.4. The van der Waals surface area contributed by atoms with Crippen LogP contribution in [0.4, 0.5) is 8.78 Å². The summed E-state index contributed by atoms with van der Waals surface area (Å²) in [5, 5.41) is 3.75. The molecule has 1 saturated heterocycles. The molecule has 4 aromatic rings. The van der Waals surface area contributed by atoms with Crippen LogP contribution in [0.3, 0.4) is 0 Å². The van der Waals surface area contributed by atoms with Crippen LogP contribution in [-0.4, -0.2) is 45.3 Å². The standard InChI is InChI=1S/C25H20F2N4O2/c26-25(27)11-14-28-16-24(25,33-21-10-9-17-5-1-2-8-20(17)31-21)22(32)18-6-3-7-19(15-18)23-29-12-4-13-30-23/h1-10,12-13,15,28H,11,14,16H2/t24-/m0/s1. The third-order valence-corrected chi connectivity index (χ3v) is 5.75. The summed E-state index contributed by atoms with van der Waals surface area (Å²) in [5.41, 5.74) is -1.22. The Bertz CT molecular complexity index is 1320. The van der Waals surface area contributed by atoms with Crippen molar-refractivity contribution in [3.63, 3.8) is 0 Å². The Balaban J connectivity index is 1.57. The van der Waals surface area contributed by atoms with E-state index < -0.39 is 23.7 Å². The van der Waals surface area contributed by atoms with Gasteiger partial charge in [-0.25, -0.2) is 23.7 Å². The summed E-state index contributed by atoms with van der Waals surface area (Å²) < 4.78 is 36.7. The number of alkyl halides is 2. The van der Waals surface area contributed by atoms with Gasteiger partial charge in [-0.2, -0.15) is 0 Å². The van der Waals surface area contributed by atoms with Gasteiger partial charge in [-0.1, -0.05) is 36.4 Å². The maximum absolute atomic E-state index is 15.4. The zero-order valence-electron chi connectivity index (χ0n) is 17.5. The van der Waals surface area contributed by atoms with E-state index in [1.54, 1.807) is 48.8 Å². The molecule has 0 radical (unpaired) electrons. The minimum atomic E-state index is -3.41. The first-order valence-corrected chi connectivity index (χ1v) is 10.5. The van der Waals surface area contributed by atoms with E-state index in [1.807, 2.05) is 12.1 Å². The second-order valence-corrected chi connectivity index (χ2v) is 7.88. The number of ether oxygens (including phenoxy) is 1. The molecule has 1 N–H and O–H groups in total. The topological polar surface area (TPSA) is 77.0 Å². The number of carbonyl (C=O) groups is 1. The number of halogens is 2. The number of piperidine rings is 1. The predicted octanol–water partition coefficient (Wildman–Crippen LogP) is 4.32. The highest BCUT2D eigenvalue weighted by atomic mass is 19.3. The summed E-state index contributed by atoms with van der Waals surface area (Å²) in [6, 6.07) is 18.6. The van der Waals surface area contributed by atoms with Crippen LogP contribution in [0.15, 0.2) is 79.1 Å². The van der Waals surface area contributed by atoms with Gasteiger partial charge >= 0.3 is 0 Å². The maximum Gasteiger partial charge on any atom is 0.296 e. The quantitative estimate of drug-likeness (QED) is 0.460.